The number of ether oxygens (including phenoxy) is 2. The van der Waals surface area contributed by atoms with Crippen molar-refractivity contribution in [1.29, 1.82) is 0 Å². The minimum absolute atomic E-state index is 0.0344. The lowest BCUT2D eigenvalue weighted by molar-refractivity contribution is 0.160. The highest BCUT2D eigenvalue weighted by atomic mass is 32.3. The molecular formula is C26H42O3S10. The molecular weight excluding hydrogens is 681 g/mol. The largest absolute Gasteiger partial charge is 0.345 e. The van der Waals surface area contributed by atoms with Crippen LogP contribution in [-0.2, 0) is 9.47 Å². The van der Waals surface area contributed by atoms with Gasteiger partial charge in [-0.15, -0.1) is 47.0 Å². The van der Waals surface area contributed by atoms with E-state index in [9.17, 15) is 4.79 Å². The van der Waals surface area contributed by atoms with Crippen LogP contribution in [0.5, 0.6) is 0 Å². The van der Waals surface area contributed by atoms with Gasteiger partial charge in [-0.2, -0.15) is 23.5 Å². The first-order valence-electron chi connectivity index (χ1n) is 14.1. The molecule has 0 bridgehead atoms. The third kappa shape index (κ3) is 11.4. The fraction of sp³-hybridized carbons (Fsp3) is 0.962. The minimum atomic E-state index is 0.0344. The van der Waals surface area contributed by atoms with Crippen molar-refractivity contribution in [2.45, 2.75) is 103 Å². The van der Waals surface area contributed by atoms with Gasteiger partial charge in [0.15, 0.2) is 0 Å². The molecule has 7 aliphatic heterocycles. The SMILES string of the molecule is C(CC1CS1)CC1CS1.CC1CSC(=O)S1.CC1CSC2(OCC(CCCC3COC4(SCC(C)S4)S3)S2)S1. The van der Waals surface area contributed by atoms with Crippen LogP contribution in [0.4, 0.5) is 4.79 Å². The number of carbonyl (C=O) groups excluding carboxylic acids is 1. The summed E-state index contributed by atoms with van der Waals surface area (Å²) in [5.74, 6) is 6.38. The zero-order chi connectivity index (χ0) is 27.3. The van der Waals surface area contributed by atoms with Crippen molar-refractivity contribution >= 4 is 122 Å². The normalized spacial score (nSPS) is 44.0. The van der Waals surface area contributed by atoms with E-state index in [1.807, 2.05) is 47.0 Å². The summed E-state index contributed by atoms with van der Waals surface area (Å²) in [6.07, 6.45) is 8.40. The van der Waals surface area contributed by atoms with Crippen molar-refractivity contribution in [2.75, 3.05) is 42.0 Å². The van der Waals surface area contributed by atoms with Crippen LogP contribution in [0.3, 0.4) is 0 Å². The Morgan fingerprint density at radius 2 is 1.10 bits per heavy atom. The smallest absolute Gasteiger partial charge is 0.246 e. The van der Waals surface area contributed by atoms with Crippen LogP contribution in [0.25, 0.3) is 0 Å². The first kappa shape index (κ1) is 33.5. The quantitative estimate of drug-likeness (QED) is 0.223. The molecule has 0 radical (unpaired) electrons. The first-order valence-corrected chi connectivity index (χ1v) is 23.6. The summed E-state index contributed by atoms with van der Waals surface area (Å²) in [4.78, 5) is 10.4. The van der Waals surface area contributed by atoms with E-state index in [1.165, 1.54) is 85.1 Å². The summed E-state index contributed by atoms with van der Waals surface area (Å²) in [6.45, 7) is 8.59. The van der Waals surface area contributed by atoms with Crippen molar-refractivity contribution < 1.29 is 14.3 Å². The highest BCUT2D eigenvalue weighted by Crippen LogP contribution is 2.62. The van der Waals surface area contributed by atoms with Crippen LogP contribution in [0.15, 0.2) is 0 Å². The van der Waals surface area contributed by atoms with Crippen LogP contribution < -0.4 is 0 Å². The predicted molar refractivity (Wildman–Crippen MR) is 194 cm³/mol. The van der Waals surface area contributed by atoms with Gasteiger partial charge in [-0.1, -0.05) is 80.7 Å². The average molecular weight is 723 g/mol. The van der Waals surface area contributed by atoms with Crippen LogP contribution in [0.2, 0.25) is 0 Å². The standard InChI is InChI=1S/C15H24O2S6.C7H12S2.C4H6OS2/c1-10-8-18-14(20-10)16-6-12(22-14)4-3-5-13-7-17-15(23-13)19-9-11(2)21-15;1(2-6-4-8-6)3-7-5-9-7;1-3-2-6-4(5)7-3/h10-13H,3-9H2,1-2H3;6-7H,1-5H2;3H,2H2,1H3. The Morgan fingerprint density at radius 1 is 0.641 bits per heavy atom. The molecule has 0 aromatic carbocycles. The molecule has 7 aliphatic rings. The summed E-state index contributed by atoms with van der Waals surface area (Å²) < 4.78 is 12.6. The van der Waals surface area contributed by atoms with E-state index >= 15 is 0 Å². The highest BCUT2D eigenvalue weighted by molar-refractivity contribution is 8.41. The van der Waals surface area contributed by atoms with Gasteiger partial charge in [-0.3, -0.25) is 4.79 Å². The molecule has 0 N–H and O–H groups in total. The zero-order valence-corrected chi connectivity index (χ0v) is 31.2. The van der Waals surface area contributed by atoms with E-state index in [2.05, 4.69) is 67.8 Å². The molecule has 0 saturated carbocycles. The molecule has 0 amide bonds. The molecule has 9 atom stereocenters. The van der Waals surface area contributed by atoms with Gasteiger partial charge < -0.3 is 9.47 Å². The van der Waals surface area contributed by atoms with E-state index in [-0.39, 0.29) is 11.6 Å². The lowest BCUT2D eigenvalue weighted by atomic mass is 10.1. The molecule has 0 aromatic heterocycles. The van der Waals surface area contributed by atoms with Crippen molar-refractivity contribution in [3.8, 4) is 0 Å². The second kappa shape index (κ2) is 16.1. The molecule has 224 valence electrons. The topological polar surface area (TPSA) is 35.5 Å². The van der Waals surface area contributed by atoms with Gasteiger partial charge in [0.25, 0.3) is 0 Å². The maximum atomic E-state index is 10.4. The number of rotatable bonds is 8. The van der Waals surface area contributed by atoms with Crippen molar-refractivity contribution in [3.63, 3.8) is 0 Å². The third-order valence-electron chi connectivity index (χ3n) is 6.84. The fourth-order valence-electron chi connectivity index (χ4n) is 4.60. The molecule has 9 unspecified atom stereocenters. The van der Waals surface area contributed by atoms with Crippen molar-refractivity contribution in [3.05, 3.63) is 0 Å². The Labute approximate surface area is 278 Å². The molecule has 7 rings (SSSR count). The zero-order valence-electron chi connectivity index (χ0n) is 23.0. The Bertz CT molecular complexity index is 752. The molecule has 7 heterocycles. The predicted octanol–water partition coefficient (Wildman–Crippen LogP) is 9.74. The number of carbonyl (C=O) groups is 1. The average Bonchev–Trinajstić information content (AvgIpc) is 3.69. The van der Waals surface area contributed by atoms with Gasteiger partial charge in [0.1, 0.15) is 0 Å². The molecule has 39 heavy (non-hydrogen) atoms. The van der Waals surface area contributed by atoms with E-state index in [0.29, 0.717) is 15.7 Å². The van der Waals surface area contributed by atoms with Gasteiger partial charge >= 0.3 is 0 Å². The lowest BCUT2D eigenvalue weighted by Crippen LogP contribution is -2.09. The van der Waals surface area contributed by atoms with Gasteiger partial charge in [0.2, 0.25) is 11.6 Å². The third-order valence-corrected chi connectivity index (χ3v) is 22.0. The number of hydrogen-bond acceptors (Lipinski definition) is 13. The van der Waals surface area contributed by atoms with Gasteiger partial charge in [0.05, 0.1) is 13.2 Å². The molecule has 3 nitrogen and oxygen atoms in total. The van der Waals surface area contributed by atoms with Crippen molar-refractivity contribution in [2.24, 2.45) is 0 Å². The van der Waals surface area contributed by atoms with Gasteiger partial charge in [0, 0.05) is 65.5 Å². The monoisotopic (exact) mass is 722 g/mol. The van der Waals surface area contributed by atoms with Crippen molar-refractivity contribution in [1.82, 2.24) is 0 Å². The van der Waals surface area contributed by atoms with E-state index in [1.54, 1.807) is 0 Å². The highest BCUT2D eigenvalue weighted by Gasteiger charge is 2.49. The lowest BCUT2D eigenvalue weighted by Gasteiger charge is -2.20. The fourth-order valence-corrected chi connectivity index (χ4v) is 19.3. The molecule has 7 saturated heterocycles. The Kier molecular flexibility index (Phi) is 13.8. The second-order valence-electron chi connectivity index (χ2n) is 10.8. The van der Waals surface area contributed by atoms with Gasteiger partial charge in [-0.25, -0.2) is 0 Å². The van der Waals surface area contributed by atoms with Crippen LogP contribution in [0, 0.1) is 0 Å². The van der Waals surface area contributed by atoms with Crippen LogP contribution >= 0.6 is 118 Å². The summed E-state index contributed by atoms with van der Waals surface area (Å²) in [7, 11) is 0. The maximum absolute atomic E-state index is 10.4. The Balaban J connectivity index is 0.000000156. The number of hydrogen-bond donors (Lipinski definition) is 0. The molecule has 0 aliphatic carbocycles. The summed E-state index contributed by atoms with van der Waals surface area (Å²) in [5.41, 5.74) is 0. The molecule has 0 aromatic rings. The Morgan fingerprint density at radius 3 is 1.41 bits per heavy atom. The van der Waals surface area contributed by atoms with E-state index in [4.69, 9.17) is 9.47 Å². The van der Waals surface area contributed by atoms with E-state index < -0.39 is 0 Å². The summed E-state index contributed by atoms with van der Waals surface area (Å²) in [5, 5.41) is 5.56. The number of thioether (sulfide) groups is 10. The van der Waals surface area contributed by atoms with Gasteiger partial charge in [-0.05, 0) is 25.7 Å². The molecule has 7 fully saturated rings. The Hall–Kier alpha value is 3.09. The summed E-state index contributed by atoms with van der Waals surface area (Å²) >= 11 is 19.4. The van der Waals surface area contributed by atoms with Crippen LogP contribution in [0.1, 0.15) is 59.3 Å². The molecule has 13 heteroatoms. The maximum Gasteiger partial charge on any atom is 0.246 e. The minimum Gasteiger partial charge on any atom is -0.345 e. The van der Waals surface area contributed by atoms with E-state index in [0.717, 1.165) is 40.0 Å². The summed E-state index contributed by atoms with van der Waals surface area (Å²) in [6, 6.07) is 0. The molecule has 2 spiro atoms. The second-order valence-corrected chi connectivity index (χ2v) is 26.3. The van der Waals surface area contributed by atoms with Crippen LogP contribution in [-0.4, -0.2) is 90.4 Å². The first-order chi connectivity index (χ1) is 18.8.